The highest BCUT2D eigenvalue weighted by molar-refractivity contribution is 5.71. The summed E-state index contributed by atoms with van der Waals surface area (Å²) < 4.78 is 17.0. The maximum Gasteiger partial charge on any atom is 0.306 e. The van der Waals surface area contributed by atoms with Crippen molar-refractivity contribution in [1.82, 2.24) is 0 Å². The molecule has 0 aromatic rings. The fraction of sp³-hybridized carbons (Fsp3) is 0.803. The Morgan fingerprint density at radius 2 is 0.476 bits per heavy atom. The molecular formula is C76H136O6. The first-order valence-electron chi connectivity index (χ1n) is 35.9. The molecule has 0 aliphatic heterocycles. The molecule has 1 unspecified atom stereocenters. The van der Waals surface area contributed by atoms with Crippen LogP contribution in [0.2, 0.25) is 0 Å². The van der Waals surface area contributed by atoms with Gasteiger partial charge in [-0.3, -0.25) is 14.4 Å². The summed E-state index contributed by atoms with van der Waals surface area (Å²) in [7, 11) is 0. The molecular weight excluding hydrogens is 1010 g/mol. The molecule has 0 aliphatic carbocycles. The fourth-order valence-electron chi connectivity index (χ4n) is 10.6. The Hall–Kier alpha value is -3.15. The van der Waals surface area contributed by atoms with Crippen LogP contribution in [-0.4, -0.2) is 37.2 Å². The maximum atomic E-state index is 13.0. The van der Waals surface area contributed by atoms with E-state index in [1.54, 1.807) is 0 Å². The van der Waals surface area contributed by atoms with Crippen LogP contribution in [0.5, 0.6) is 0 Å². The first kappa shape index (κ1) is 78.8. The van der Waals surface area contributed by atoms with Crippen molar-refractivity contribution in [3.8, 4) is 0 Å². The van der Waals surface area contributed by atoms with Crippen LogP contribution in [0.1, 0.15) is 374 Å². The third kappa shape index (κ3) is 67.6. The van der Waals surface area contributed by atoms with Gasteiger partial charge in [-0.1, -0.05) is 338 Å². The van der Waals surface area contributed by atoms with Crippen molar-refractivity contribution in [2.75, 3.05) is 13.2 Å². The molecule has 0 aromatic heterocycles. The van der Waals surface area contributed by atoms with Crippen molar-refractivity contribution in [3.05, 3.63) is 72.9 Å². The van der Waals surface area contributed by atoms with Crippen molar-refractivity contribution in [1.29, 1.82) is 0 Å². The summed E-state index contributed by atoms with van der Waals surface area (Å²) in [6.45, 7) is 6.55. The summed E-state index contributed by atoms with van der Waals surface area (Å²) in [5.74, 6) is -0.875. The molecule has 0 bridgehead atoms. The van der Waals surface area contributed by atoms with Gasteiger partial charge >= 0.3 is 17.9 Å². The van der Waals surface area contributed by atoms with Gasteiger partial charge in [0.15, 0.2) is 6.10 Å². The van der Waals surface area contributed by atoms with E-state index in [0.29, 0.717) is 19.3 Å². The number of carbonyl (C=O) groups is 3. The zero-order valence-electron chi connectivity index (χ0n) is 54.8. The Bertz CT molecular complexity index is 1500. The highest BCUT2D eigenvalue weighted by Crippen LogP contribution is 2.18. The van der Waals surface area contributed by atoms with E-state index in [9.17, 15) is 14.4 Å². The van der Waals surface area contributed by atoms with Crippen LogP contribution in [0.15, 0.2) is 72.9 Å². The number of esters is 3. The number of ether oxygens (including phenoxy) is 3. The van der Waals surface area contributed by atoms with Crippen LogP contribution in [-0.2, 0) is 28.6 Å². The Kier molecular flexibility index (Phi) is 67.6. The van der Waals surface area contributed by atoms with Crippen molar-refractivity contribution >= 4 is 17.9 Å². The summed E-state index contributed by atoms with van der Waals surface area (Å²) in [6.07, 6.45) is 92.2. The van der Waals surface area contributed by atoms with Crippen molar-refractivity contribution in [2.24, 2.45) is 0 Å². The van der Waals surface area contributed by atoms with Crippen LogP contribution in [0.3, 0.4) is 0 Å². The lowest BCUT2D eigenvalue weighted by Crippen LogP contribution is -2.30. The molecule has 0 aromatic carbocycles. The molecule has 0 heterocycles. The van der Waals surface area contributed by atoms with Gasteiger partial charge in [0.1, 0.15) is 13.2 Å². The van der Waals surface area contributed by atoms with Gasteiger partial charge < -0.3 is 14.2 Å². The smallest absolute Gasteiger partial charge is 0.306 e. The third-order valence-electron chi connectivity index (χ3n) is 15.9. The van der Waals surface area contributed by atoms with E-state index in [-0.39, 0.29) is 31.1 Å². The van der Waals surface area contributed by atoms with Crippen LogP contribution in [0, 0.1) is 0 Å². The molecule has 0 rings (SSSR count). The van der Waals surface area contributed by atoms with Gasteiger partial charge in [0.05, 0.1) is 0 Å². The van der Waals surface area contributed by atoms with Crippen LogP contribution >= 0.6 is 0 Å². The largest absolute Gasteiger partial charge is 0.462 e. The van der Waals surface area contributed by atoms with Gasteiger partial charge in [0, 0.05) is 19.3 Å². The van der Waals surface area contributed by atoms with Crippen LogP contribution in [0.4, 0.5) is 0 Å². The Balaban J connectivity index is 4.32. The van der Waals surface area contributed by atoms with Crippen LogP contribution < -0.4 is 0 Å². The summed E-state index contributed by atoms with van der Waals surface area (Å²) in [6, 6.07) is 0. The summed E-state index contributed by atoms with van der Waals surface area (Å²) >= 11 is 0. The molecule has 0 saturated heterocycles. The number of allylic oxidation sites excluding steroid dienone is 12. The lowest BCUT2D eigenvalue weighted by Gasteiger charge is -2.18. The number of hydrogen-bond donors (Lipinski definition) is 0. The minimum absolute atomic E-state index is 0.0792. The van der Waals surface area contributed by atoms with Gasteiger partial charge in [-0.2, -0.15) is 0 Å². The summed E-state index contributed by atoms with van der Waals surface area (Å²) in [4.78, 5) is 38.5. The van der Waals surface area contributed by atoms with Gasteiger partial charge in [-0.25, -0.2) is 0 Å². The third-order valence-corrected chi connectivity index (χ3v) is 15.9. The highest BCUT2D eigenvalue weighted by Gasteiger charge is 2.19. The fourth-order valence-corrected chi connectivity index (χ4v) is 10.6. The molecule has 82 heavy (non-hydrogen) atoms. The first-order valence-corrected chi connectivity index (χ1v) is 35.9. The van der Waals surface area contributed by atoms with E-state index in [1.165, 1.54) is 231 Å². The minimum Gasteiger partial charge on any atom is -0.462 e. The van der Waals surface area contributed by atoms with E-state index in [2.05, 4.69) is 93.7 Å². The quantitative estimate of drug-likeness (QED) is 0.0261. The standard InChI is InChI=1S/C76H136O6/c1-4-7-10-13-16-19-22-25-28-31-34-35-36-37-38-39-40-43-45-48-51-54-57-60-63-66-69-75(78)81-72-73(82-76(79)70-67-64-61-58-55-52-49-46-42-33-30-27-24-21-18-15-12-9-6-3)71-80-74(77)68-65-62-59-56-53-50-47-44-41-32-29-26-23-20-17-14-11-8-5-2/h9,12,17-18,20-21,26-27,29-30,42,46,73H,4-8,10-11,13-16,19,22-25,28,31-41,43-45,47-72H2,1-3H3/b12-9-,20-17-,21-18-,29-26-,30-27-,46-42-. The molecule has 0 N–H and O–H groups in total. The Labute approximate surface area is 510 Å². The number of unbranched alkanes of at least 4 members (excludes halogenated alkanes) is 43. The van der Waals surface area contributed by atoms with E-state index in [4.69, 9.17) is 14.2 Å². The zero-order chi connectivity index (χ0) is 59.2. The maximum absolute atomic E-state index is 13.0. The van der Waals surface area contributed by atoms with E-state index >= 15 is 0 Å². The average Bonchev–Trinajstić information content (AvgIpc) is 3.48. The Morgan fingerprint density at radius 1 is 0.256 bits per heavy atom. The van der Waals surface area contributed by atoms with Gasteiger partial charge in [-0.05, 0) is 89.9 Å². The normalized spacial score (nSPS) is 12.5. The minimum atomic E-state index is -0.786. The second-order valence-corrected chi connectivity index (χ2v) is 24.1. The zero-order valence-corrected chi connectivity index (χ0v) is 54.8. The predicted octanol–water partition coefficient (Wildman–Crippen LogP) is 24.8. The molecule has 0 fully saturated rings. The molecule has 0 amide bonds. The number of hydrogen-bond acceptors (Lipinski definition) is 6. The van der Waals surface area contributed by atoms with Crippen molar-refractivity contribution in [2.45, 2.75) is 380 Å². The second-order valence-electron chi connectivity index (χ2n) is 24.1. The van der Waals surface area contributed by atoms with Crippen LogP contribution in [0.25, 0.3) is 0 Å². The van der Waals surface area contributed by atoms with Gasteiger partial charge in [0.2, 0.25) is 0 Å². The summed E-state index contributed by atoms with van der Waals surface area (Å²) in [5, 5.41) is 0. The Morgan fingerprint density at radius 3 is 0.768 bits per heavy atom. The topological polar surface area (TPSA) is 78.9 Å². The van der Waals surface area contributed by atoms with E-state index < -0.39 is 6.10 Å². The van der Waals surface area contributed by atoms with E-state index in [1.807, 2.05) is 0 Å². The highest BCUT2D eigenvalue weighted by atomic mass is 16.6. The number of rotatable bonds is 66. The lowest BCUT2D eigenvalue weighted by atomic mass is 10.0. The summed E-state index contributed by atoms with van der Waals surface area (Å²) in [5.41, 5.74) is 0. The molecule has 0 saturated carbocycles. The van der Waals surface area contributed by atoms with Gasteiger partial charge in [0.25, 0.3) is 0 Å². The molecule has 0 radical (unpaired) electrons. The molecule has 476 valence electrons. The average molecular weight is 1150 g/mol. The monoisotopic (exact) mass is 1150 g/mol. The van der Waals surface area contributed by atoms with Crippen molar-refractivity contribution < 1.29 is 28.6 Å². The van der Waals surface area contributed by atoms with Crippen molar-refractivity contribution in [3.63, 3.8) is 0 Å². The second kappa shape index (κ2) is 70.3. The van der Waals surface area contributed by atoms with E-state index in [0.717, 1.165) is 103 Å². The number of carbonyl (C=O) groups excluding carboxylic acids is 3. The molecule has 0 aliphatic rings. The lowest BCUT2D eigenvalue weighted by molar-refractivity contribution is -0.167. The predicted molar refractivity (Wildman–Crippen MR) is 358 cm³/mol. The molecule has 6 heteroatoms. The molecule has 1 atom stereocenters. The first-order chi connectivity index (χ1) is 40.5. The molecule has 0 spiro atoms. The van der Waals surface area contributed by atoms with Gasteiger partial charge in [-0.15, -0.1) is 0 Å². The molecule has 6 nitrogen and oxygen atoms in total. The SMILES string of the molecule is CC/C=C\C/C=C\C/C=C\C/C=C\CCCCCCCCC(=O)OC(COC(=O)CCCCCCCCCCC/C=C\C/C=C\CCCCC)COC(=O)CCCCCCCCCCCCCCCCCCCCCCCCCCCC.